The van der Waals surface area contributed by atoms with Crippen molar-refractivity contribution in [3.05, 3.63) is 76.5 Å². The van der Waals surface area contributed by atoms with Crippen LogP contribution >= 0.6 is 11.6 Å². The number of aromatic amines is 1. The van der Waals surface area contributed by atoms with Gasteiger partial charge in [0, 0.05) is 33.8 Å². The molecule has 0 fully saturated rings. The van der Waals surface area contributed by atoms with Crippen LogP contribution in [0, 0.1) is 0 Å². The van der Waals surface area contributed by atoms with E-state index in [0.717, 1.165) is 22.9 Å². The molecule has 0 spiro atoms. The largest absolute Gasteiger partial charge is 0.454 e. The first-order valence-electron chi connectivity index (χ1n) is 8.31. The number of halogens is 1. The number of H-pyrrole nitrogens is 1. The second-order valence-corrected chi connectivity index (χ2v) is 6.19. The van der Waals surface area contributed by atoms with Gasteiger partial charge in [-0.05, 0) is 29.7 Å². The molecule has 26 heavy (non-hydrogen) atoms. The van der Waals surface area contributed by atoms with Crippen molar-refractivity contribution < 1.29 is 14.3 Å². The predicted octanol–water partition coefficient (Wildman–Crippen LogP) is 4.82. The summed E-state index contributed by atoms with van der Waals surface area (Å²) in [6.45, 7) is 1.75. The number of esters is 1. The smallest absolute Gasteiger partial charge is 0.331 e. The number of Topliss-reactive ketones (excluding diaryl/α,β-unsaturated/α-hetero) is 1. The van der Waals surface area contributed by atoms with Crippen LogP contribution in [0.15, 0.2) is 54.7 Å². The topological polar surface area (TPSA) is 59.2 Å². The molecule has 4 nitrogen and oxygen atoms in total. The van der Waals surface area contributed by atoms with Gasteiger partial charge >= 0.3 is 5.97 Å². The van der Waals surface area contributed by atoms with Crippen LogP contribution in [0.4, 0.5) is 0 Å². The number of rotatable bonds is 6. The number of carbonyl (C=O) groups is 2. The summed E-state index contributed by atoms with van der Waals surface area (Å²) in [5, 5.41) is 1.38. The average molecular weight is 368 g/mol. The van der Waals surface area contributed by atoms with Crippen LogP contribution in [-0.2, 0) is 16.0 Å². The summed E-state index contributed by atoms with van der Waals surface area (Å²) >= 11 is 6.02. The number of hydrogen-bond acceptors (Lipinski definition) is 3. The molecule has 0 aliphatic carbocycles. The van der Waals surface area contributed by atoms with Gasteiger partial charge in [0.1, 0.15) is 0 Å². The van der Waals surface area contributed by atoms with Gasteiger partial charge in [-0.3, -0.25) is 4.79 Å². The summed E-state index contributed by atoms with van der Waals surface area (Å²) in [5.74, 6) is -0.837. The van der Waals surface area contributed by atoms with Crippen molar-refractivity contribution in [3.8, 4) is 0 Å². The third kappa shape index (κ3) is 3.86. The maximum absolute atomic E-state index is 12.4. The monoisotopic (exact) mass is 367 g/mol. The molecular formula is C21H18ClNO3. The molecule has 1 heterocycles. The van der Waals surface area contributed by atoms with Crippen LogP contribution in [-0.4, -0.2) is 23.3 Å². The van der Waals surface area contributed by atoms with Crippen LogP contribution in [0.2, 0.25) is 5.02 Å². The zero-order valence-electron chi connectivity index (χ0n) is 14.3. The van der Waals surface area contributed by atoms with Crippen molar-refractivity contribution in [1.29, 1.82) is 0 Å². The Labute approximate surface area is 156 Å². The van der Waals surface area contributed by atoms with E-state index >= 15 is 0 Å². The van der Waals surface area contributed by atoms with Crippen molar-refractivity contribution in [1.82, 2.24) is 4.98 Å². The van der Waals surface area contributed by atoms with E-state index in [4.69, 9.17) is 16.3 Å². The molecule has 1 aromatic heterocycles. The third-order valence-electron chi connectivity index (χ3n) is 4.13. The fourth-order valence-corrected chi connectivity index (χ4v) is 2.97. The highest BCUT2D eigenvalue weighted by atomic mass is 35.5. The minimum atomic E-state index is -0.590. The van der Waals surface area contributed by atoms with Crippen molar-refractivity contribution >= 4 is 40.3 Å². The summed E-state index contributed by atoms with van der Waals surface area (Å²) in [4.78, 5) is 27.4. The predicted molar refractivity (Wildman–Crippen MR) is 103 cm³/mol. The number of para-hydroxylation sites is 1. The van der Waals surface area contributed by atoms with E-state index in [1.54, 1.807) is 24.4 Å². The van der Waals surface area contributed by atoms with Crippen molar-refractivity contribution in [2.75, 3.05) is 6.61 Å². The van der Waals surface area contributed by atoms with Crippen LogP contribution < -0.4 is 0 Å². The fourth-order valence-electron chi connectivity index (χ4n) is 2.77. The van der Waals surface area contributed by atoms with Gasteiger partial charge in [-0.25, -0.2) is 4.79 Å². The van der Waals surface area contributed by atoms with E-state index < -0.39 is 5.97 Å². The quantitative estimate of drug-likeness (QED) is 0.386. The summed E-state index contributed by atoms with van der Waals surface area (Å²) in [6.07, 6.45) is 5.36. The van der Waals surface area contributed by atoms with Crippen molar-refractivity contribution in [3.63, 3.8) is 0 Å². The average Bonchev–Trinajstić information content (AvgIpc) is 3.09. The van der Waals surface area contributed by atoms with E-state index in [0.29, 0.717) is 16.1 Å². The molecule has 0 atom stereocenters. The number of ketones is 1. The lowest BCUT2D eigenvalue weighted by atomic mass is 10.1. The Kier molecular flexibility index (Phi) is 5.54. The first kappa shape index (κ1) is 18.0. The van der Waals surface area contributed by atoms with Crippen molar-refractivity contribution in [2.45, 2.75) is 13.3 Å². The Morgan fingerprint density at radius 2 is 1.96 bits per heavy atom. The number of nitrogens with one attached hydrogen (secondary N) is 1. The number of aromatic nitrogens is 1. The molecule has 0 saturated carbocycles. The first-order chi connectivity index (χ1) is 12.6. The summed E-state index contributed by atoms with van der Waals surface area (Å²) in [5.41, 5.74) is 3.32. The number of ether oxygens (including phenoxy) is 1. The molecule has 0 saturated heterocycles. The number of hydrogen-bond donors (Lipinski definition) is 1. The third-order valence-corrected chi connectivity index (χ3v) is 4.48. The van der Waals surface area contributed by atoms with Gasteiger partial charge in [0.05, 0.1) is 0 Å². The molecule has 0 radical (unpaired) electrons. The van der Waals surface area contributed by atoms with Gasteiger partial charge in [-0.15, -0.1) is 0 Å². The molecule has 0 aliphatic rings. The van der Waals surface area contributed by atoms with Crippen LogP contribution in [0.3, 0.4) is 0 Å². The molecule has 2 aromatic carbocycles. The molecule has 3 aromatic rings. The molecule has 0 unspecified atom stereocenters. The Morgan fingerprint density at radius 1 is 1.15 bits per heavy atom. The summed E-state index contributed by atoms with van der Waals surface area (Å²) < 4.78 is 5.06. The van der Waals surface area contributed by atoms with Gasteiger partial charge in [-0.2, -0.15) is 0 Å². The fraction of sp³-hybridized carbons (Fsp3) is 0.143. The Morgan fingerprint density at radius 3 is 2.73 bits per heavy atom. The SMILES string of the molecule is CCc1cccc2c(C(=O)COC(=O)/C=C/c3ccccc3Cl)c[nH]c12. The molecule has 1 N–H and O–H groups in total. The molecule has 0 aliphatic heterocycles. The van der Waals surface area contributed by atoms with Crippen LogP contribution in [0.5, 0.6) is 0 Å². The number of fused-ring (bicyclic) bond motifs is 1. The lowest BCUT2D eigenvalue weighted by Crippen LogP contribution is -2.12. The standard InChI is InChI=1S/C21H18ClNO3/c1-2-14-7-5-8-16-17(12-23-21(14)16)19(24)13-26-20(25)11-10-15-6-3-4-9-18(15)22/h3-12,23H,2,13H2,1H3/b11-10+. The number of aryl methyl sites for hydroxylation is 1. The Bertz CT molecular complexity index is 988. The first-order valence-corrected chi connectivity index (χ1v) is 8.69. The zero-order chi connectivity index (χ0) is 18.5. The lowest BCUT2D eigenvalue weighted by molar-refractivity contribution is -0.136. The normalized spacial score (nSPS) is 11.2. The van der Waals surface area contributed by atoms with Gasteiger partial charge in [0.15, 0.2) is 6.61 Å². The van der Waals surface area contributed by atoms with E-state index in [9.17, 15) is 9.59 Å². The van der Waals surface area contributed by atoms with E-state index in [1.807, 2.05) is 30.3 Å². The molecule has 0 amide bonds. The van der Waals surface area contributed by atoms with Gasteiger partial charge in [0.25, 0.3) is 0 Å². The Balaban J connectivity index is 1.66. The highest BCUT2D eigenvalue weighted by Crippen LogP contribution is 2.22. The number of benzene rings is 2. The maximum atomic E-state index is 12.4. The van der Waals surface area contributed by atoms with Gasteiger partial charge in [-0.1, -0.05) is 54.9 Å². The second-order valence-electron chi connectivity index (χ2n) is 5.78. The lowest BCUT2D eigenvalue weighted by Gasteiger charge is -2.02. The highest BCUT2D eigenvalue weighted by molar-refractivity contribution is 6.32. The summed E-state index contributed by atoms with van der Waals surface area (Å²) in [7, 11) is 0. The Hall–Kier alpha value is -2.85. The van der Waals surface area contributed by atoms with E-state index in [-0.39, 0.29) is 12.4 Å². The highest BCUT2D eigenvalue weighted by Gasteiger charge is 2.14. The molecule has 0 bridgehead atoms. The van der Waals surface area contributed by atoms with Gasteiger partial charge in [0.2, 0.25) is 5.78 Å². The van der Waals surface area contributed by atoms with E-state index in [2.05, 4.69) is 11.9 Å². The molecule has 3 rings (SSSR count). The van der Waals surface area contributed by atoms with Crippen molar-refractivity contribution in [2.24, 2.45) is 0 Å². The minimum absolute atomic E-state index is 0.246. The summed E-state index contributed by atoms with van der Waals surface area (Å²) in [6, 6.07) is 13.0. The number of carbonyl (C=O) groups excluding carboxylic acids is 2. The minimum Gasteiger partial charge on any atom is -0.454 e. The second kappa shape index (κ2) is 8.02. The van der Waals surface area contributed by atoms with Crippen LogP contribution in [0.1, 0.15) is 28.4 Å². The van der Waals surface area contributed by atoms with Crippen LogP contribution in [0.25, 0.3) is 17.0 Å². The maximum Gasteiger partial charge on any atom is 0.331 e. The van der Waals surface area contributed by atoms with Gasteiger partial charge < -0.3 is 9.72 Å². The van der Waals surface area contributed by atoms with E-state index in [1.165, 1.54) is 6.08 Å². The molecule has 5 heteroatoms. The molecule has 132 valence electrons. The molecular weight excluding hydrogens is 350 g/mol. The zero-order valence-corrected chi connectivity index (χ0v) is 15.0.